The van der Waals surface area contributed by atoms with Crippen molar-refractivity contribution in [2.45, 2.75) is 0 Å². The zero-order chi connectivity index (χ0) is 31.2. The highest BCUT2D eigenvalue weighted by atomic mass is 15.2. The Bertz CT molecular complexity index is 2550. The van der Waals surface area contributed by atoms with Crippen molar-refractivity contribution in [1.29, 1.82) is 0 Å². The van der Waals surface area contributed by atoms with E-state index in [0.717, 1.165) is 44.2 Å². The molecule has 0 aliphatic carbocycles. The summed E-state index contributed by atoms with van der Waals surface area (Å²) in [7, 11) is 0. The van der Waals surface area contributed by atoms with Crippen molar-refractivity contribution in [3.05, 3.63) is 170 Å². The van der Waals surface area contributed by atoms with Crippen molar-refractivity contribution in [3.8, 4) is 51.0 Å². The van der Waals surface area contributed by atoms with Crippen LogP contribution in [0, 0.1) is 0 Å². The van der Waals surface area contributed by atoms with Gasteiger partial charge in [-0.25, -0.2) is 4.98 Å². The minimum atomic E-state index is 0.587. The molecule has 0 unspecified atom stereocenters. The molecule has 47 heavy (non-hydrogen) atoms. The molecule has 0 amide bonds. The highest BCUT2D eigenvalue weighted by molar-refractivity contribution is 6.13. The maximum atomic E-state index is 5.19. The molecule has 0 radical (unpaired) electrons. The minimum absolute atomic E-state index is 0.587. The molecular formula is C43H28N4. The van der Waals surface area contributed by atoms with Gasteiger partial charge in [-0.3, -0.25) is 4.57 Å². The molecule has 0 saturated carbocycles. The van der Waals surface area contributed by atoms with Gasteiger partial charge >= 0.3 is 0 Å². The van der Waals surface area contributed by atoms with Gasteiger partial charge in [0.05, 0.1) is 11.0 Å². The van der Waals surface area contributed by atoms with E-state index >= 15 is 0 Å². The first-order valence-electron chi connectivity index (χ1n) is 15.8. The second kappa shape index (κ2) is 11.2. The van der Waals surface area contributed by atoms with Gasteiger partial charge in [0.1, 0.15) is 0 Å². The average molecular weight is 601 g/mol. The van der Waals surface area contributed by atoms with Gasteiger partial charge in [-0.05, 0) is 57.3 Å². The number of benzene rings is 7. The summed E-state index contributed by atoms with van der Waals surface area (Å²) in [5.41, 5.74) is 8.56. The van der Waals surface area contributed by atoms with Crippen LogP contribution in [0.2, 0.25) is 0 Å². The molecule has 0 atom stereocenters. The molecular weight excluding hydrogens is 573 g/mol. The van der Waals surface area contributed by atoms with E-state index in [1.165, 1.54) is 21.7 Å². The van der Waals surface area contributed by atoms with Gasteiger partial charge in [0.15, 0.2) is 11.6 Å². The first-order valence-corrected chi connectivity index (χ1v) is 15.8. The van der Waals surface area contributed by atoms with Gasteiger partial charge in [-0.1, -0.05) is 146 Å². The number of nitrogens with zero attached hydrogens (tertiary/aromatic N) is 4. The maximum Gasteiger partial charge on any atom is 0.238 e. The van der Waals surface area contributed by atoms with Crippen molar-refractivity contribution >= 4 is 32.6 Å². The monoisotopic (exact) mass is 600 g/mol. The van der Waals surface area contributed by atoms with Crippen LogP contribution in [0.4, 0.5) is 0 Å². The lowest BCUT2D eigenvalue weighted by Crippen LogP contribution is -2.06. The van der Waals surface area contributed by atoms with Crippen LogP contribution < -0.4 is 0 Å². The number of fused-ring (bicyclic) bond motifs is 4. The third-order valence-electron chi connectivity index (χ3n) is 8.84. The van der Waals surface area contributed by atoms with Gasteiger partial charge in [0.2, 0.25) is 5.95 Å². The maximum absolute atomic E-state index is 5.19. The fourth-order valence-electron chi connectivity index (χ4n) is 6.50. The molecule has 2 heterocycles. The first kappa shape index (κ1) is 27.0. The second-order valence-electron chi connectivity index (χ2n) is 11.7. The molecule has 0 fully saturated rings. The van der Waals surface area contributed by atoms with Crippen molar-refractivity contribution in [2.24, 2.45) is 0 Å². The van der Waals surface area contributed by atoms with Crippen LogP contribution >= 0.6 is 0 Å². The summed E-state index contributed by atoms with van der Waals surface area (Å²) in [6.07, 6.45) is 0. The molecule has 0 aliphatic heterocycles. The van der Waals surface area contributed by atoms with E-state index in [1.807, 2.05) is 12.1 Å². The Morgan fingerprint density at radius 1 is 0.319 bits per heavy atom. The molecule has 220 valence electrons. The van der Waals surface area contributed by atoms with E-state index < -0.39 is 0 Å². The van der Waals surface area contributed by atoms with Crippen LogP contribution in [0.1, 0.15) is 0 Å². The molecule has 0 aliphatic rings. The van der Waals surface area contributed by atoms with E-state index in [0.29, 0.717) is 17.6 Å². The first-order chi connectivity index (χ1) is 23.3. The topological polar surface area (TPSA) is 43.6 Å². The van der Waals surface area contributed by atoms with Gasteiger partial charge in [0, 0.05) is 21.9 Å². The fraction of sp³-hybridized carbons (Fsp3) is 0. The summed E-state index contributed by atoms with van der Waals surface area (Å²) in [5.74, 6) is 1.84. The largest absolute Gasteiger partial charge is 0.278 e. The Hall–Kier alpha value is -6.39. The third-order valence-corrected chi connectivity index (χ3v) is 8.84. The zero-order valence-corrected chi connectivity index (χ0v) is 25.5. The quantitative estimate of drug-likeness (QED) is 0.197. The Labute approximate surface area is 272 Å². The fourth-order valence-corrected chi connectivity index (χ4v) is 6.50. The molecule has 9 rings (SSSR count). The highest BCUT2D eigenvalue weighted by Crippen LogP contribution is 2.35. The number of hydrogen-bond donors (Lipinski definition) is 0. The Balaban J connectivity index is 1.28. The third kappa shape index (κ3) is 4.84. The zero-order valence-electron chi connectivity index (χ0n) is 25.5. The number of rotatable bonds is 5. The Morgan fingerprint density at radius 3 is 1.60 bits per heavy atom. The number of para-hydroxylation sites is 1. The Kier molecular flexibility index (Phi) is 6.43. The lowest BCUT2D eigenvalue weighted by molar-refractivity contribution is 0.954. The Morgan fingerprint density at radius 2 is 0.851 bits per heavy atom. The molecule has 4 heteroatoms. The number of hydrogen-bond acceptors (Lipinski definition) is 3. The predicted octanol–water partition coefficient (Wildman–Crippen LogP) is 10.8. The summed E-state index contributed by atoms with van der Waals surface area (Å²) in [6, 6.07) is 59.2. The molecule has 0 spiro atoms. The van der Waals surface area contributed by atoms with Crippen LogP contribution in [0.5, 0.6) is 0 Å². The lowest BCUT2D eigenvalue weighted by Gasteiger charge is -2.12. The average Bonchev–Trinajstić information content (AvgIpc) is 3.47. The van der Waals surface area contributed by atoms with Crippen molar-refractivity contribution < 1.29 is 0 Å². The smallest absolute Gasteiger partial charge is 0.238 e. The van der Waals surface area contributed by atoms with Crippen LogP contribution in [0.15, 0.2) is 170 Å². The lowest BCUT2D eigenvalue weighted by atomic mass is 10.0. The van der Waals surface area contributed by atoms with Crippen molar-refractivity contribution in [3.63, 3.8) is 0 Å². The summed E-state index contributed by atoms with van der Waals surface area (Å²) in [5, 5.41) is 4.71. The van der Waals surface area contributed by atoms with Crippen LogP contribution in [-0.2, 0) is 0 Å². The normalized spacial score (nSPS) is 11.4. The van der Waals surface area contributed by atoms with E-state index in [4.69, 9.17) is 15.0 Å². The molecule has 2 aromatic heterocycles. The minimum Gasteiger partial charge on any atom is -0.278 e. The van der Waals surface area contributed by atoms with E-state index in [2.05, 4.69) is 162 Å². The van der Waals surface area contributed by atoms with Crippen LogP contribution in [0.3, 0.4) is 0 Å². The number of aromatic nitrogens is 4. The SMILES string of the molecule is c1ccc(-c2ccc(-c3nc(-c4cccc(-c5ccccc5)c4)nc(-n4c5ccccc5c5cc6ccccc6cc54)n3)cc2)cc1. The second-order valence-corrected chi connectivity index (χ2v) is 11.7. The molecule has 0 N–H and O–H groups in total. The van der Waals surface area contributed by atoms with E-state index in [-0.39, 0.29) is 0 Å². The van der Waals surface area contributed by atoms with Gasteiger partial charge in [-0.2, -0.15) is 9.97 Å². The van der Waals surface area contributed by atoms with E-state index in [1.54, 1.807) is 0 Å². The highest BCUT2D eigenvalue weighted by Gasteiger charge is 2.18. The standard InChI is InChI=1S/C43H28N4/c1-3-12-29(13-4-1)31-22-24-32(25-23-31)41-44-42(36-19-11-18-33(26-36)30-14-5-2-6-15-30)46-43(45-41)47-39-21-10-9-20-37(39)38-27-34-16-7-8-17-35(34)28-40(38)47/h1-28H. The van der Waals surface area contributed by atoms with E-state index in [9.17, 15) is 0 Å². The molecule has 9 aromatic rings. The molecule has 0 saturated heterocycles. The summed E-state index contributed by atoms with van der Waals surface area (Å²) in [6.45, 7) is 0. The molecule has 4 nitrogen and oxygen atoms in total. The van der Waals surface area contributed by atoms with Crippen molar-refractivity contribution in [1.82, 2.24) is 19.5 Å². The summed E-state index contributed by atoms with van der Waals surface area (Å²) < 4.78 is 2.19. The van der Waals surface area contributed by atoms with Crippen molar-refractivity contribution in [2.75, 3.05) is 0 Å². The molecule has 0 bridgehead atoms. The van der Waals surface area contributed by atoms with Gasteiger partial charge in [0.25, 0.3) is 0 Å². The summed E-state index contributed by atoms with van der Waals surface area (Å²) in [4.78, 5) is 15.5. The summed E-state index contributed by atoms with van der Waals surface area (Å²) >= 11 is 0. The van der Waals surface area contributed by atoms with Crippen LogP contribution in [0.25, 0.3) is 83.6 Å². The molecule has 7 aromatic carbocycles. The van der Waals surface area contributed by atoms with Gasteiger partial charge < -0.3 is 0 Å². The predicted molar refractivity (Wildman–Crippen MR) is 193 cm³/mol. The van der Waals surface area contributed by atoms with Crippen LogP contribution in [-0.4, -0.2) is 19.5 Å². The van der Waals surface area contributed by atoms with Gasteiger partial charge in [-0.15, -0.1) is 0 Å².